The fourth-order valence-corrected chi connectivity index (χ4v) is 15.3. The number of nitrogens with zero attached hydrogens (tertiary/aromatic N) is 14. The number of halogens is 4. The van der Waals surface area contributed by atoms with Gasteiger partial charge in [-0.1, -0.05) is 66.7 Å². The Morgan fingerprint density at radius 1 is 0.622 bits per heavy atom. The lowest BCUT2D eigenvalue weighted by Crippen LogP contribution is -2.55. The van der Waals surface area contributed by atoms with Crippen LogP contribution in [0.3, 0.4) is 0 Å². The maximum atomic E-state index is 16.5. The zero-order chi connectivity index (χ0) is 62.0. The lowest BCUT2D eigenvalue weighted by atomic mass is 9.86. The minimum Gasteiger partial charge on any atom is -0.463 e. The minimum atomic E-state index is -0.484. The smallest absolute Gasteiger partial charge is 0.318 e. The van der Waals surface area contributed by atoms with Crippen molar-refractivity contribution < 1.29 is 27.8 Å². The van der Waals surface area contributed by atoms with Crippen molar-refractivity contribution in [3.05, 3.63) is 130 Å². The number of anilines is 4. The molecule has 2 aromatic heterocycles. The maximum Gasteiger partial charge on any atom is 0.318 e. The Morgan fingerprint density at radius 3 is 1.66 bits per heavy atom. The largest absolute Gasteiger partial charge is 0.463 e. The number of hydrogen-bond donors (Lipinski definition) is 0. The van der Waals surface area contributed by atoms with Crippen molar-refractivity contribution in [2.24, 2.45) is 10.8 Å². The molecule has 8 aliphatic rings. The molecule has 1 unspecified atom stereocenters. The van der Waals surface area contributed by atoms with E-state index in [0.29, 0.717) is 108 Å². The van der Waals surface area contributed by atoms with Crippen LogP contribution in [0.1, 0.15) is 78.9 Å². The van der Waals surface area contributed by atoms with Crippen molar-refractivity contribution in [3.8, 4) is 24.2 Å². The second kappa shape index (κ2) is 24.4. The Balaban J connectivity index is 0.690. The zero-order valence-corrected chi connectivity index (χ0v) is 52.0. The Kier molecular flexibility index (Phi) is 16.2. The molecule has 6 aromatic rings. The van der Waals surface area contributed by atoms with Crippen LogP contribution in [0.25, 0.3) is 21.5 Å². The molecule has 4 aromatic carbocycles. The number of likely N-dealkylation sites (tertiary alicyclic amines) is 2. The summed E-state index contributed by atoms with van der Waals surface area (Å²) in [6.45, 7) is 18.5. The number of aromatic nitrogens is 4. The molecule has 22 heteroatoms. The molecule has 2 saturated carbocycles. The highest BCUT2D eigenvalue weighted by Crippen LogP contribution is 2.50. The van der Waals surface area contributed by atoms with Gasteiger partial charge in [-0.2, -0.15) is 30.5 Å². The highest BCUT2D eigenvalue weighted by molar-refractivity contribution is 6.37. The number of hydrogen-bond acceptors (Lipinski definition) is 16. The molecule has 90 heavy (non-hydrogen) atoms. The summed E-state index contributed by atoms with van der Waals surface area (Å²) in [5, 5.41) is 22.9. The highest BCUT2D eigenvalue weighted by atomic mass is 35.5. The normalized spacial score (nSPS) is 21.2. The van der Waals surface area contributed by atoms with Gasteiger partial charge in [-0.25, -0.2) is 8.78 Å². The molecule has 2 aliphatic carbocycles. The van der Waals surface area contributed by atoms with E-state index in [9.17, 15) is 24.5 Å². The van der Waals surface area contributed by atoms with Crippen LogP contribution >= 0.6 is 23.2 Å². The Bertz CT molecular complexity index is 3950. The third kappa shape index (κ3) is 11.5. The Morgan fingerprint density at radius 2 is 1.14 bits per heavy atom. The van der Waals surface area contributed by atoms with Gasteiger partial charge in [-0.15, -0.1) is 0 Å². The molecule has 0 radical (unpaired) electrons. The second-order valence-electron chi connectivity index (χ2n) is 26.0. The fraction of sp³-hybridized carbons (Fsp3) is 0.471. The first-order chi connectivity index (χ1) is 43.7. The van der Waals surface area contributed by atoms with E-state index in [1.165, 1.54) is 24.6 Å². The van der Waals surface area contributed by atoms with Crippen molar-refractivity contribution in [1.82, 2.24) is 39.5 Å². The predicted octanol–water partition coefficient (Wildman–Crippen LogP) is 9.64. The molecular weight excluding hydrogens is 1190 g/mol. The molecule has 466 valence electrons. The highest BCUT2D eigenvalue weighted by Gasteiger charge is 2.49. The summed E-state index contributed by atoms with van der Waals surface area (Å²) in [6, 6.07) is 21.1. The summed E-state index contributed by atoms with van der Waals surface area (Å²) in [5.74, 6) is 0.203. The summed E-state index contributed by atoms with van der Waals surface area (Å²) in [5.41, 5.74) is 6.08. The number of benzene rings is 4. The Labute approximate surface area is 532 Å². The van der Waals surface area contributed by atoms with E-state index < -0.39 is 11.6 Å². The number of piperazine rings is 2. The van der Waals surface area contributed by atoms with Crippen molar-refractivity contribution in [2.75, 3.05) is 124 Å². The molecular formula is C68H72Cl2F2N14O4. The van der Waals surface area contributed by atoms with Crippen LogP contribution in [0.4, 0.5) is 31.8 Å². The average molecular weight is 1260 g/mol. The third-order valence-corrected chi connectivity index (χ3v) is 21.0. The van der Waals surface area contributed by atoms with Crippen molar-refractivity contribution >= 4 is 79.6 Å². The van der Waals surface area contributed by atoms with Crippen molar-refractivity contribution in [3.63, 3.8) is 0 Å². The Hall–Kier alpha value is -7.88. The van der Waals surface area contributed by atoms with Gasteiger partial charge in [0.15, 0.2) is 0 Å². The van der Waals surface area contributed by atoms with Crippen LogP contribution < -0.4 is 29.1 Å². The molecule has 4 saturated heterocycles. The third-order valence-electron chi connectivity index (χ3n) is 20.2. The number of amides is 2. The van der Waals surface area contributed by atoms with Gasteiger partial charge in [-0.3, -0.25) is 9.59 Å². The number of fused-ring (bicyclic) bond motifs is 4. The molecule has 8 heterocycles. The lowest BCUT2D eigenvalue weighted by Gasteiger charge is -2.42. The topological polar surface area (TPSA) is 178 Å². The quantitative estimate of drug-likeness (QED) is 0.0700. The SMILES string of the molecule is C=CC(=O)N1CCN(c2nc(OCC3(CN4CC(c5cc(F)c(Cl)c6c(N7CCc8c(nc(OCC9(CN%10CCC%10)CC9)nc8N8CCN(C(=O)C=C)[C@@H](CC#N)C8)C7)cccc56)C4)CC3)nc3c2CCN(c2cccc4ccc(F)c(Cl)c24)C3)CC1CC#N. The van der Waals surface area contributed by atoms with Gasteiger partial charge in [0.25, 0.3) is 0 Å². The summed E-state index contributed by atoms with van der Waals surface area (Å²) in [4.78, 5) is 63.5. The number of rotatable bonds is 19. The second-order valence-corrected chi connectivity index (χ2v) is 26.8. The number of carbonyl (C=O) groups is 2. The summed E-state index contributed by atoms with van der Waals surface area (Å²) in [7, 11) is 0. The van der Waals surface area contributed by atoms with Crippen molar-refractivity contribution in [1.29, 1.82) is 10.5 Å². The summed E-state index contributed by atoms with van der Waals surface area (Å²) < 4.78 is 44.7. The van der Waals surface area contributed by atoms with Gasteiger partial charge in [0, 0.05) is 129 Å². The van der Waals surface area contributed by atoms with E-state index in [0.717, 1.165) is 127 Å². The predicted molar refractivity (Wildman–Crippen MR) is 342 cm³/mol. The van der Waals surface area contributed by atoms with Gasteiger partial charge >= 0.3 is 12.0 Å². The summed E-state index contributed by atoms with van der Waals surface area (Å²) >= 11 is 13.7. The number of carbonyl (C=O) groups excluding carboxylic acids is 2. The van der Waals surface area contributed by atoms with Crippen LogP contribution in [-0.2, 0) is 35.5 Å². The maximum absolute atomic E-state index is 16.5. The summed E-state index contributed by atoms with van der Waals surface area (Å²) in [6.07, 6.45) is 9.47. The monoisotopic (exact) mass is 1260 g/mol. The van der Waals surface area contributed by atoms with E-state index in [1.54, 1.807) is 21.9 Å². The molecule has 6 aliphatic heterocycles. The van der Waals surface area contributed by atoms with E-state index in [-0.39, 0.29) is 69.5 Å². The van der Waals surface area contributed by atoms with Gasteiger partial charge in [0.05, 0.1) is 84.8 Å². The molecule has 18 nitrogen and oxygen atoms in total. The van der Waals surface area contributed by atoms with Crippen LogP contribution in [0.15, 0.2) is 79.9 Å². The standard InChI is InChI=1S/C68H72Cl2F2N14O4/c1-3-57(87)85-30-28-83(35-45(85)14-22-73)63-48-16-26-81(55-10-5-8-43-12-13-51(71)61(69)59(43)55)37-53(48)75-66(78-63)90-42-68(20-21-68)40-80-33-44(34-80)50-32-52(72)62(70)60-47(50)9-6-11-56(60)82-27-17-49-54(38-82)76-65(89-41-67(18-19-67)39-79-24-7-25-79)77-64(49)84-29-31-86(58(88)4-2)46(36-84)15-23-74/h3-6,8-13,32,44-46H,1-2,7,14-21,24-31,33-42H2/t45?,46-/m0/s1. The first kappa shape index (κ1) is 59.7. The first-order valence-corrected chi connectivity index (χ1v) is 32.4. The van der Waals surface area contributed by atoms with Gasteiger partial charge in [-0.05, 0) is 111 Å². The van der Waals surface area contributed by atoms with E-state index in [4.69, 9.17) is 52.6 Å². The van der Waals surface area contributed by atoms with Crippen LogP contribution in [0.5, 0.6) is 12.0 Å². The van der Waals surface area contributed by atoms with Crippen LogP contribution in [-0.4, -0.2) is 168 Å². The zero-order valence-electron chi connectivity index (χ0n) is 50.5. The van der Waals surface area contributed by atoms with Gasteiger partial charge in [0.2, 0.25) is 11.8 Å². The first-order valence-electron chi connectivity index (χ1n) is 31.6. The fourth-order valence-electron chi connectivity index (χ4n) is 14.7. The number of nitriles is 2. The minimum absolute atomic E-state index is 0.0565. The average Bonchev–Trinajstić information content (AvgIpc) is 1.67. The lowest BCUT2D eigenvalue weighted by molar-refractivity contribution is -0.129. The number of ether oxygens (including phenoxy) is 2. The van der Waals surface area contributed by atoms with Gasteiger partial charge in [0.1, 0.15) is 23.3 Å². The van der Waals surface area contributed by atoms with Crippen LogP contribution in [0.2, 0.25) is 10.0 Å². The molecule has 6 fully saturated rings. The van der Waals surface area contributed by atoms with Gasteiger partial charge < -0.3 is 48.7 Å². The molecule has 0 spiro atoms. The van der Waals surface area contributed by atoms with Crippen LogP contribution in [0, 0.1) is 45.1 Å². The molecule has 2 amide bonds. The molecule has 2 atom stereocenters. The van der Waals surface area contributed by atoms with Crippen molar-refractivity contribution in [2.45, 2.75) is 88.9 Å². The molecule has 0 bridgehead atoms. The molecule has 0 N–H and O–H groups in total. The van der Waals surface area contributed by atoms with E-state index in [2.05, 4.69) is 60.8 Å². The van der Waals surface area contributed by atoms with E-state index in [1.807, 2.05) is 30.3 Å². The molecule has 14 rings (SSSR count). The van der Waals surface area contributed by atoms with E-state index >= 15 is 4.39 Å².